The fraction of sp³-hybridized carbons (Fsp3) is 0.571. The molecule has 2 N–H and O–H groups in total. The van der Waals surface area contributed by atoms with E-state index < -0.39 is 0 Å². The van der Waals surface area contributed by atoms with Crippen LogP contribution in [-0.4, -0.2) is 53.1 Å². The van der Waals surface area contributed by atoms with Crippen molar-refractivity contribution in [2.24, 2.45) is 4.99 Å². The highest BCUT2D eigenvalue weighted by Crippen LogP contribution is 2.14. The van der Waals surface area contributed by atoms with Crippen molar-refractivity contribution in [2.45, 2.75) is 58.4 Å². The number of aryl methyl sites for hydroxylation is 1. The topological polar surface area (TPSA) is 85.6 Å². The number of rotatable bonds is 9. The number of para-hydroxylation sites is 1. The van der Waals surface area contributed by atoms with Crippen LogP contribution in [0.5, 0.6) is 5.75 Å². The molecule has 1 aromatic heterocycles. The zero-order valence-corrected chi connectivity index (χ0v) is 17.6. The van der Waals surface area contributed by atoms with E-state index in [1.165, 1.54) is 0 Å². The van der Waals surface area contributed by atoms with Gasteiger partial charge < -0.3 is 20.1 Å². The van der Waals surface area contributed by atoms with Crippen molar-refractivity contribution in [3.05, 3.63) is 42.0 Å². The molecule has 3 rings (SSSR count). The van der Waals surface area contributed by atoms with Crippen LogP contribution in [0.25, 0.3) is 0 Å². The number of aromatic nitrogens is 3. The van der Waals surface area contributed by atoms with Gasteiger partial charge in [-0.05, 0) is 31.9 Å². The molecule has 2 unspecified atom stereocenters. The Morgan fingerprint density at radius 2 is 2.14 bits per heavy atom. The number of nitrogens with one attached hydrogen (secondary N) is 2. The molecular formula is C21H32N6O2. The summed E-state index contributed by atoms with van der Waals surface area (Å²) >= 11 is 0. The molecule has 0 aliphatic carbocycles. The highest BCUT2D eigenvalue weighted by Gasteiger charge is 2.22. The van der Waals surface area contributed by atoms with Crippen molar-refractivity contribution in [3.63, 3.8) is 0 Å². The summed E-state index contributed by atoms with van der Waals surface area (Å²) in [6.45, 7) is 6.81. The maximum Gasteiger partial charge on any atom is 0.191 e. The first-order valence-electron chi connectivity index (χ1n) is 10.4. The molecule has 0 spiro atoms. The molecule has 2 atom stereocenters. The molecule has 1 aromatic carbocycles. The van der Waals surface area contributed by atoms with E-state index in [0.29, 0.717) is 13.2 Å². The largest absolute Gasteiger partial charge is 0.489 e. The monoisotopic (exact) mass is 400 g/mol. The van der Waals surface area contributed by atoms with Gasteiger partial charge in [0.2, 0.25) is 0 Å². The van der Waals surface area contributed by atoms with E-state index in [0.717, 1.165) is 55.7 Å². The van der Waals surface area contributed by atoms with Crippen LogP contribution in [-0.2, 0) is 24.3 Å². The lowest BCUT2D eigenvalue weighted by Gasteiger charge is -2.25. The van der Waals surface area contributed by atoms with Crippen LogP contribution >= 0.6 is 0 Å². The molecule has 1 aliphatic rings. The molecule has 29 heavy (non-hydrogen) atoms. The molecule has 8 heteroatoms. The Bertz CT molecular complexity index is 777. The Morgan fingerprint density at radius 3 is 2.86 bits per heavy atom. The van der Waals surface area contributed by atoms with Crippen LogP contribution in [0.2, 0.25) is 0 Å². The number of guanidine groups is 1. The summed E-state index contributed by atoms with van der Waals surface area (Å²) in [6.07, 6.45) is 2.82. The summed E-state index contributed by atoms with van der Waals surface area (Å²) in [5.74, 6) is 3.46. The Labute approximate surface area is 172 Å². The van der Waals surface area contributed by atoms with Crippen molar-refractivity contribution in [1.29, 1.82) is 0 Å². The second kappa shape index (κ2) is 10.8. The summed E-state index contributed by atoms with van der Waals surface area (Å²) in [6, 6.07) is 10.2. The lowest BCUT2D eigenvalue weighted by Crippen LogP contribution is -2.47. The van der Waals surface area contributed by atoms with Gasteiger partial charge in [-0.1, -0.05) is 25.1 Å². The number of aliphatic imine (C=N–C) groups is 1. The van der Waals surface area contributed by atoms with Crippen LogP contribution in [0.3, 0.4) is 0 Å². The van der Waals surface area contributed by atoms with Crippen LogP contribution in [0.15, 0.2) is 35.3 Å². The van der Waals surface area contributed by atoms with Crippen molar-refractivity contribution < 1.29 is 9.47 Å². The van der Waals surface area contributed by atoms with Crippen molar-refractivity contribution in [1.82, 2.24) is 25.4 Å². The summed E-state index contributed by atoms with van der Waals surface area (Å²) in [7, 11) is 1.66. The van der Waals surface area contributed by atoms with E-state index in [1.807, 2.05) is 35.0 Å². The Morgan fingerprint density at radius 1 is 1.31 bits per heavy atom. The van der Waals surface area contributed by atoms with Gasteiger partial charge in [-0.3, -0.25) is 0 Å². The average Bonchev–Trinajstić information content (AvgIpc) is 3.14. The summed E-state index contributed by atoms with van der Waals surface area (Å²) in [5.41, 5.74) is 0. The molecule has 0 saturated heterocycles. The second-order valence-corrected chi connectivity index (χ2v) is 7.12. The third kappa shape index (κ3) is 6.19. The Kier molecular flexibility index (Phi) is 7.86. The molecule has 158 valence electrons. The van der Waals surface area contributed by atoms with Crippen LogP contribution in [0.4, 0.5) is 0 Å². The number of nitrogens with zero attached hydrogens (tertiary/aromatic N) is 4. The summed E-state index contributed by atoms with van der Waals surface area (Å²) < 4.78 is 13.2. The van der Waals surface area contributed by atoms with Gasteiger partial charge in [-0.15, -0.1) is 0 Å². The quantitative estimate of drug-likeness (QED) is 0.496. The molecule has 2 aromatic rings. The van der Waals surface area contributed by atoms with Gasteiger partial charge in [0.05, 0.1) is 13.1 Å². The Balaban J connectivity index is 1.58. The van der Waals surface area contributed by atoms with Gasteiger partial charge in [-0.25, -0.2) is 14.7 Å². The number of ether oxygens (including phenoxy) is 2. The number of fused-ring (bicyclic) bond motifs is 1. The minimum Gasteiger partial charge on any atom is -0.489 e. The van der Waals surface area contributed by atoms with Gasteiger partial charge in [0.15, 0.2) is 11.8 Å². The number of benzene rings is 1. The zero-order valence-electron chi connectivity index (χ0n) is 17.6. The maximum absolute atomic E-state index is 6.06. The fourth-order valence-corrected chi connectivity index (χ4v) is 3.32. The summed E-state index contributed by atoms with van der Waals surface area (Å²) in [5, 5.41) is 11.4. The van der Waals surface area contributed by atoms with E-state index in [1.54, 1.807) is 7.11 Å². The number of methoxy groups -OCH3 is 1. The lowest BCUT2D eigenvalue weighted by atomic mass is 10.1. The number of hydrogen-bond acceptors (Lipinski definition) is 5. The van der Waals surface area contributed by atoms with Crippen molar-refractivity contribution in [2.75, 3.05) is 20.2 Å². The lowest BCUT2D eigenvalue weighted by molar-refractivity contribution is 0.177. The predicted octanol–water partition coefficient (Wildman–Crippen LogP) is 2.15. The highest BCUT2D eigenvalue weighted by atomic mass is 16.5. The van der Waals surface area contributed by atoms with E-state index >= 15 is 0 Å². The Hall–Kier alpha value is -2.61. The zero-order chi connectivity index (χ0) is 20.5. The van der Waals surface area contributed by atoms with Gasteiger partial charge in [-0.2, -0.15) is 5.10 Å². The fourth-order valence-electron chi connectivity index (χ4n) is 3.32. The third-order valence-electron chi connectivity index (χ3n) is 4.81. The first-order chi connectivity index (χ1) is 14.2. The average molecular weight is 401 g/mol. The first kappa shape index (κ1) is 21.1. The molecule has 0 bridgehead atoms. The second-order valence-electron chi connectivity index (χ2n) is 7.12. The molecule has 2 heterocycles. The van der Waals surface area contributed by atoms with E-state index in [-0.39, 0.29) is 12.1 Å². The molecule has 0 saturated carbocycles. The normalized spacial score (nSPS) is 17.5. The minimum atomic E-state index is 0.0396. The van der Waals surface area contributed by atoms with Crippen molar-refractivity contribution >= 4 is 5.96 Å². The van der Waals surface area contributed by atoms with E-state index in [4.69, 9.17) is 14.5 Å². The number of hydrogen-bond donors (Lipinski definition) is 2. The van der Waals surface area contributed by atoms with Crippen LogP contribution in [0.1, 0.15) is 38.3 Å². The van der Waals surface area contributed by atoms with E-state index in [9.17, 15) is 0 Å². The highest BCUT2D eigenvalue weighted by molar-refractivity contribution is 5.80. The molecule has 8 nitrogen and oxygen atoms in total. The smallest absolute Gasteiger partial charge is 0.191 e. The first-order valence-corrected chi connectivity index (χ1v) is 10.4. The minimum absolute atomic E-state index is 0.0396. The summed E-state index contributed by atoms with van der Waals surface area (Å²) in [4.78, 5) is 9.31. The van der Waals surface area contributed by atoms with E-state index in [2.05, 4.69) is 34.6 Å². The standard InChI is InChI=1S/C21H32N6O2/c1-4-17(29-18-9-7-6-8-10-18)13-23-21(22-5-2)24-16-11-12-20-25-19(15-28-3)26-27(20)14-16/h6-10,16-17H,4-5,11-15H2,1-3H3,(H2,22,23,24). The van der Waals surface area contributed by atoms with Gasteiger partial charge in [0, 0.05) is 26.1 Å². The van der Waals surface area contributed by atoms with Crippen LogP contribution in [0, 0.1) is 0 Å². The van der Waals surface area contributed by atoms with Gasteiger partial charge >= 0.3 is 0 Å². The molecule has 0 amide bonds. The van der Waals surface area contributed by atoms with Crippen LogP contribution < -0.4 is 15.4 Å². The van der Waals surface area contributed by atoms with Gasteiger partial charge in [0.25, 0.3) is 0 Å². The molecule has 0 fully saturated rings. The van der Waals surface area contributed by atoms with Crippen molar-refractivity contribution in [3.8, 4) is 5.75 Å². The molecule has 1 aliphatic heterocycles. The molecular weight excluding hydrogens is 368 g/mol. The van der Waals surface area contributed by atoms with Gasteiger partial charge in [0.1, 0.15) is 24.3 Å². The SMILES string of the molecule is CCNC(=NCC(CC)Oc1ccccc1)NC1CCc2nc(COC)nn2C1. The predicted molar refractivity (Wildman–Crippen MR) is 113 cm³/mol. The molecule has 0 radical (unpaired) electrons. The third-order valence-corrected chi connectivity index (χ3v) is 4.81. The maximum atomic E-state index is 6.06.